The molecule has 92 valence electrons. The van der Waals surface area contributed by atoms with E-state index in [0.29, 0.717) is 0 Å². The lowest BCUT2D eigenvalue weighted by Crippen LogP contribution is -1.94. The Morgan fingerprint density at radius 2 is 2.00 bits per heavy atom. The van der Waals surface area contributed by atoms with Crippen LogP contribution in [0.5, 0.6) is 0 Å². The Kier molecular flexibility index (Phi) is 2.52. The first-order chi connectivity index (χ1) is 8.58. The molecule has 0 N–H and O–H groups in total. The molecule has 3 rings (SSSR count). The molecule has 0 radical (unpaired) electrons. The maximum absolute atomic E-state index is 4.61. The zero-order valence-electron chi connectivity index (χ0n) is 10.5. The van der Waals surface area contributed by atoms with Gasteiger partial charge in [0.25, 0.3) is 0 Å². The number of fused-ring (bicyclic) bond motifs is 1. The van der Waals surface area contributed by atoms with Crippen molar-refractivity contribution in [3.05, 3.63) is 40.1 Å². The normalized spacial score (nSPS) is 11.3. The Morgan fingerprint density at radius 1 is 1.22 bits per heavy atom. The number of rotatable bonds is 1. The summed E-state index contributed by atoms with van der Waals surface area (Å²) < 4.78 is 4.74. The Bertz CT molecular complexity index is 739. The van der Waals surface area contributed by atoms with Crippen molar-refractivity contribution in [2.45, 2.75) is 13.8 Å². The van der Waals surface area contributed by atoms with E-state index in [-0.39, 0.29) is 0 Å². The van der Waals surface area contributed by atoms with Crippen LogP contribution in [0.25, 0.3) is 17.2 Å². The summed E-state index contributed by atoms with van der Waals surface area (Å²) in [6, 6.07) is 8.32. The average Bonchev–Trinajstić information content (AvgIpc) is 2.80. The fourth-order valence-electron chi connectivity index (χ4n) is 2.08. The molecule has 5 heteroatoms. The summed E-state index contributed by atoms with van der Waals surface area (Å²) in [6.45, 7) is 4.04. The quantitative estimate of drug-likeness (QED) is 0.692. The summed E-state index contributed by atoms with van der Waals surface area (Å²) >= 11 is 3.51. The highest BCUT2D eigenvalue weighted by Crippen LogP contribution is 2.24. The number of benzene rings is 1. The van der Waals surface area contributed by atoms with Gasteiger partial charge in [-0.2, -0.15) is 4.52 Å². The van der Waals surface area contributed by atoms with Gasteiger partial charge in [-0.25, -0.2) is 4.98 Å². The van der Waals surface area contributed by atoms with Crippen LogP contribution in [0.15, 0.2) is 28.9 Å². The molecular formula is C13H13BrN4. The summed E-state index contributed by atoms with van der Waals surface area (Å²) in [7, 11) is 1.98. The van der Waals surface area contributed by atoms with Gasteiger partial charge >= 0.3 is 0 Å². The highest BCUT2D eigenvalue weighted by atomic mass is 79.9. The van der Waals surface area contributed by atoms with E-state index in [2.05, 4.69) is 51.1 Å². The average molecular weight is 305 g/mol. The third-order valence-corrected chi connectivity index (χ3v) is 3.94. The molecule has 0 saturated heterocycles. The van der Waals surface area contributed by atoms with Crippen molar-refractivity contribution in [2.75, 3.05) is 0 Å². The van der Waals surface area contributed by atoms with Gasteiger partial charge in [-0.1, -0.05) is 23.8 Å². The lowest BCUT2D eigenvalue weighted by Gasteiger charge is -2.01. The lowest BCUT2D eigenvalue weighted by molar-refractivity contribution is 0.937. The minimum Gasteiger partial charge on any atom is -0.296 e. The molecule has 1 aromatic carbocycles. The van der Waals surface area contributed by atoms with Gasteiger partial charge in [-0.05, 0) is 35.8 Å². The molecule has 3 aromatic rings. The number of aromatic nitrogens is 4. The van der Waals surface area contributed by atoms with Crippen molar-refractivity contribution in [3.8, 4) is 11.4 Å². The number of hydrogen-bond acceptors (Lipinski definition) is 2. The van der Waals surface area contributed by atoms with Crippen molar-refractivity contribution in [1.29, 1.82) is 0 Å². The van der Waals surface area contributed by atoms with E-state index in [9.17, 15) is 0 Å². The summed E-state index contributed by atoms with van der Waals surface area (Å²) in [4.78, 5) is 4.50. The van der Waals surface area contributed by atoms with Gasteiger partial charge in [-0.3, -0.25) is 4.57 Å². The van der Waals surface area contributed by atoms with E-state index < -0.39 is 0 Å². The van der Waals surface area contributed by atoms with Crippen LogP contribution in [-0.2, 0) is 7.05 Å². The Labute approximate surface area is 113 Å². The first kappa shape index (κ1) is 11.5. The van der Waals surface area contributed by atoms with Crippen LogP contribution in [0.4, 0.5) is 0 Å². The maximum Gasteiger partial charge on any atom is 0.233 e. The van der Waals surface area contributed by atoms with Crippen LogP contribution in [0, 0.1) is 13.8 Å². The first-order valence-electron chi connectivity index (χ1n) is 5.72. The van der Waals surface area contributed by atoms with Crippen LogP contribution in [0.1, 0.15) is 11.3 Å². The topological polar surface area (TPSA) is 35.1 Å². The SMILES string of the molecule is Cc1cccc(-c2nn3c(Br)c(C)nc3n2C)c1. The third-order valence-electron chi connectivity index (χ3n) is 3.03. The molecule has 0 atom stereocenters. The fourth-order valence-corrected chi connectivity index (χ4v) is 2.41. The van der Waals surface area contributed by atoms with Gasteiger partial charge in [-0.15, -0.1) is 5.10 Å². The molecule has 0 fully saturated rings. The van der Waals surface area contributed by atoms with E-state index in [1.165, 1.54) is 5.56 Å². The van der Waals surface area contributed by atoms with Crippen molar-refractivity contribution < 1.29 is 0 Å². The zero-order chi connectivity index (χ0) is 12.9. The van der Waals surface area contributed by atoms with Gasteiger partial charge in [0.15, 0.2) is 5.82 Å². The van der Waals surface area contributed by atoms with Gasteiger partial charge in [0.05, 0.1) is 5.69 Å². The molecule has 0 saturated carbocycles. The van der Waals surface area contributed by atoms with E-state index >= 15 is 0 Å². The Balaban J connectivity index is 2.27. The highest BCUT2D eigenvalue weighted by molar-refractivity contribution is 9.10. The number of hydrogen-bond donors (Lipinski definition) is 0. The molecule has 18 heavy (non-hydrogen) atoms. The van der Waals surface area contributed by atoms with Gasteiger partial charge in [0, 0.05) is 12.6 Å². The predicted octanol–water partition coefficient (Wildman–Crippen LogP) is 3.11. The van der Waals surface area contributed by atoms with E-state index in [0.717, 1.165) is 27.5 Å². The number of imidazole rings is 1. The molecule has 0 aliphatic carbocycles. The van der Waals surface area contributed by atoms with Crippen LogP contribution in [0.2, 0.25) is 0 Å². The van der Waals surface area contributed by atoms with Gasteiger partial charge in [0.1, 0.15) is 4.60 Å². The van der Waals surface area contributed by atoms with Crippen LogP contribution in [-0.4, -0.2) is 19.2 Å². The fraction of sp³-hybridized carbons (Fsp3) is 0.231. The van der Waals surface area contributed by atoms with Crippen molar-refractivity contribution >= 4 is 21.7 Å². The molecule has 0 unspecified atom stereocenters. The second kappa shape index (κ2) is 3.95. The smallest absolute Gasteiger partial charge is 0.233 e. The van der Waals surface area contributed by atoms with Crippen LogP contribution in [0.3, 0.4) is 0 Å². The minimum atomic E-state index is 0.843. The molecule has 0 bridgehead atoms. The molecule has 0 spiro atoms. The standard InChI is InChI=1S/C13H13BrN4/c1-8-5-4-6-10(7-8)12-16-18-11(14)9(2)15-13(18)17(12)3/h4-7H,1-3H3. The van der Waals surface area contributed by atoms with Crippen molar-refractivity contribution in [2.24, 2.45) is 7.05 Å². The minimum absolute atomic E-state index is 0.843. The van der Waals surface area contributed by atoms with E-state index in [1.54, 1.807) is 0 Å². The maximum atomic E-state index is 4.61. The monoisotopic (exact) mass is 304 g/mol. The third kappa shape index (κ3) is 1.58. The highest BCUT2D eigenvalue weighted by Gasteiger charge is 2.15. The van der Waals surface area contributed by atoms with Crippen molar-refractivity contribution in [1.82, 2.24) is 19.2 Å². The molecule has 2 aromatic heterocycles. The first-order valence-corrected chi connectivity index (χ1v) is 6.52. The predicted molar refractivity (Wildman–Crippen MR) is 74.6 cm³/mol. The molecule has 0 aliphatic heterocycles. The Morgan fingerprint density at radius 3 is 2.67 bits per heavy atom. The second-order valence-electron chi connectivity index (χ2n) is 4.45. The summed E-state index contributed by atoms with van der Waals surface area (Å²) in [5.74, 6) is 1.76. The molecule has 0 aliphatic rings. The molecular weight excluding hydrogens is 292 g/mol. The Hall–Kier alpha value is -1.62. The largest absolute Gasteiger partial charge is 0.296 e. The lowest BCUT2D eigenvalue weighted by atomic mass is 10.1. The summed E-state index contributed by atoms with van der Waals surface area (Å²) in [5.41, 5.74) is 3.28. The van der Waals surface area contributed by atoms with Gasteiger partial charge in [0.2, 0.25) is 5.78 Å². The van der Waals surface area contributed by atoms with E-state index in [1.807, 2.05) is 29.1 Å². The number of aryl methyl sites for hydroxylation is 3. The zero-order valence-corrected chi connectivity index (χ0v) is 12.1. The van der Waals surface area contributed by atoms with Crippen molar-refractivity contribution in [3.63, 3.8) is 0 Å². The number of nitrogens with zero attached hydrogens (tertiary/aromatic N) is 4. The van der Waals surface area contributed by atoms with Gasteiger partial charge < -0.3 is 0 Å². The number of halogens is 1. The van der Waals surface area contributed by atoms with Crippen LogP contribution < -0.4 is 0 Å². The molecule has 4 nitrogen and oxygen atoms in total. The summed E-state index contributed by atoms with van der Waals surface area (Å²) in [6.07, 6.45) is 0. The van der Waals surface area contributed by atoms with Crippen LogP contribution >= 0.6 is 15.9 Å². The van der Waals surface area contributed by atoms with E-state index in [4.69, 9.17) is 0 Å². The summed E-state index contributed by atoms with van der Waals surface area (Å²) in [5, 5.41) is 4.61. The molecule has 2 heterocycles. The second-order valence-corrected chi connectivity index (χ2v) is 5.20. The molecule has 0 amide bonds.